The molecule has 10 heteroatoms. The van der Waals surface area contributed by atoms with Crippen molar-refractivity contribution in [3.05, 3.63) is 69.7 Å². The Morgan fingerprint density at radius 3 is 2.29 bits per heavy atom. The Labute approximate surface area is 203 Å². The molecule has 0 saturated heterocycles. The van der Waals surface area contributed by atoms with E-state index < -0.39 is 6.04 Å². The molecule has 1 heterocycles. The first-order chi connectivity index (χ1) is 14.9. The second kappa shape index (κ2) is 11.9. The molecule has 0 aliphatic rings. The molecule has 5 nitrogen and oxygen atoms in total. The molecule has 3 rings (SSSR count). The van der Waals surface area contributed by atoms with Gasteiger partial charge in [-0.25, -0.2) is 0 Å². The molecule has 162 valence electrons. The van der Waals surface area contributed by atoms with Crippen LogP contribution in [0.1, 0.15) is 18.1 Å². The molecule has 2 aromatic carbocycles. The summed E-state index contributed by atoms with van der Waals surface area (Å²) in [4.78, 5) is 24.3. The van der Waals surface area contributed by atoms with E-state index in [1.54, 1.807) is 18.2 Å². The number of amides is 1. The standard InChI is InChI=1S/C21H19Cl2N3O2S3/c1-13(27)18(10-14-6-3-2-4-7-14)24-19(28)12-30-21-26-25-20(31-21)29-11-15-16(22)8-5-9-17(15)23/h2-9,18H,10-12H2,1H3,(H,24,28)/t18-/m0/s1. The minimum atomic E-state index is -0.545. The number of nitrogens with zero attached hydrogens (tertiary/aromatic N) is 2. The van der Waals surface area contributed by atoms with Gasteiger partial charge in [-0.05, 0) is 36.6 Å². The van der Waals surface area contributed by atoms with E-state index in [9.17, 15) is 9.59 Å². The van der Waals surface area contributed by atoms with Gasteiger partial charge in [-0.2, -0.15) is 0 Å². The van der Waals surface area contributed by atoms with Crippen LogP contribution < -0.4 is 5.32 Å². The average Bonchev–Trinajstić information content (AvgIpc) is 3.20. The van der Waals surface area contributed by atoms with Gasteiger partial charge >= 0.3 is 0 Å². The van der Waals surface area contributed by atoms with E-state index in [4.69, 9.17) is 23.2 Å². The van der Waals surface area contributed by atoms with Crippen LogP contribution in [-0.2, 0) is 21.8 Å². The second-order valence-electron chi connectivity index (χ2n) is 6.53. The fourth-order valence-electron chi connectivity index (χ4n) is 2.63. The fraction of sp³-hybridized carbons (Fsp3) is 0.238. The van der Waals surface area contributed by atoms with E-state index >= 15 is 0 Å². The summed E-state index contributed by atoms with van der Waals surface area (Å²) in [5, 5.41) is 12.3. The highest BCUT2D eigenvalue weighted by molar-refractivity contribution is 8.03. The zero-order chi connectivity index (χ0) is 22.2. The second-order valence-corrected chi connectivity index (χ2v) is 10.8. The van der Waals surface area contributed by atoms with Crippen molar-refractivity contribution in [3.8, 4) is 0 Å². The molecule has 0 radical (unpaired) electrons. The van der Waals surface area contributed by atoms with Gasteiger partial charge < -0.3 is 5.32 Å². The first-order valence-corrected chi connectivity index (χ1v) is 12.8. The Morgan fingerprint density at radius 1 is 1.00 bits per heavy atom. The lowest BCUT2D eigenvalue weighted by Crippen LogP contribution is -2.42. The Balaban J connectivity index is 1.49. The third kappa shape index (κ3) is 7.50. The summed E-state index contributed by atoms with van der Waals surface area (Å²) in [5.41, 5.74) is 1.85. The Kier molecular flexibility index (Phi) is 9.22. The molecule has 0 fully saturated rings. The number of hydrogen-bond donors (Lipinski definition) is 1. The molecule has 0 bridgehead atoms. The molecule has 0 aliphatic carbocycles. The van der Waals surface area contributed by atoms with Crippen molar-refractivity contribution in [1.29, 1.82) is 0 Å². The number of carbonyl (C=O) groups is 2. The van der Waals surface area contributed by atoms with Crippen molar-refractivity contribution in [1.82, 2.24) is 15.5 Å². The van der Waals surface area contributed by atoms with Crippen LogP contribution in [0.4, 0.5) is 0 Å². The van der Waals surface area contributed by atoms with E-state index in [1.165, 1.54) is 41.8 Å². The maximum Gasteiger partial charge on any atom is 0.231 e. The van der Waals surface area contributed by atoms with Crippen molar-refractivity contribution in [2.45, 2.75) is 33.8 Å². The quantitative estimate of drug-likeness (QED) is 0.360. The Bertz CT molecular complexity index is 1030. The first-order valence-electron chi connectivity index (χ1n) is 9.28. The van der Waals surface area contributed by atoms with E-state index in [-0.39, 0.29) is 17.4 Å². The molecule has 1 N–H and O–H groups in total. The number of aromatic nitrogens is 2. The van der Waals surface area contributed by atoms with Crippen LogP contribution >= 0.6 is 58.1 Å². The van der Waals surface area contributed by atoms with Crippen LogP contribution in [0.3, 0.4) is 0 Å². The summed E-state index contributed by atoms with van der Waals surface area (Å²) in [6.07, 6.45) is 0.469. The van der Waals surface area contributed by atoms with Crippen LogP contribution in [0, 0.1) is 0 Å². The normalized spacial score (nSPS) is 11.8. The highest BCUT2D eigenvalue weighted by Gasteiger charge is 2.18. The SMILES string of the molecule is CC(=O)[C@H](Cc1ccccc1)NC(=O)CSc1nnc(SCc2c(Cl)cccc2Cl)s1. The highest BCUT2D eigenvalue weighted by atomic mass is 35.5. The molecule has 3 aromatic rings. The third-order valence-electron chi connectivity index (χ3n) is 4.22. The third-order valence-corrected chi connectivity index (χ3v) is 8.15. The summed E-state index contributed by atoms with van der Waals surface area (Å²) in [6.45, 7) is 1.49. The number of ketones is 1. The van der Waals surface area contributed by atoms with E-state index in [1.807, 2.05) is 30.3 Å². The zero-order valence-corrected chi connectivity index (χ0v) is 20.5. The Morgan fingerprint density at radius 2 is 1.65 bits per heavy atom. The number of benzene rings is 2. The number of thioether (sulfide) groups is 2. The average molecular weight is 513 g/mol. The van der Waals surface area contributed by atoms with Gasteiger partial charge in [-0.3, -0.25) is 9.59 Å². The molecular weight excluding hydrogens is 493 g/mol. The van der Waals surface area contributed by atoms with E-state index in [2.05, 4.69) is 15.5 Å². The molecule has 31 heavy (non-hydrogen) atoms. The summed E-state index contributed by atoms with van der Waals surface area (Å²) < 4.78 is 1.45. The lowest BCUT2D eigenvalue weighted by Gasteiger charge is -2.15. The van der Waals surface area contributed by atoms with Crippen molar-refractivity contribution >= 4 is 69.8 Å². The predicted octanol–water partition coefficient (Wildman–Crippen LogP) is 5.55. The van der Waals surface area contributed by atoms with Gasteiger partial charge in [0, 0.05) is 15.8 Å². The summed E-state index contributed by atoms with van der Waals surface area (Å²) in [5.74, 6) is 0.454. The molecule has 0 saturated carbocycles. The fourth-order valence-corrected chi connectivity index (χ4v) is 6.20. The minimum absolute atomic E-state index is 0.0740. The van der Waals surface area contributed by atoms with Crippen molar-refractivity contribution in [2.24, 2.45) is 0 Å². The van der Waals surface area contributed by atoms with Gasteiger partial charge in [-0.15, -0.1) is 10.2 Å². The smallest absolute Gasteiger partial charge is 0.231 e. The van der Waals surface area contributed by atoms with Crippen LogP contribution in [0.15, 0.2) is 57.2 Å². The zero-order valence-electron chi connectivity index (χ0n) is 16.5. The van der Waals surface area contributed by atoms with Crippen molar-refractivity contribution < 1.29 is 9.59 Å². The maximum absolute atomic E-state index is 12.4. The van der Waals surface area contributed by atoms with Crippen molar-refractivity contribution in [3.63, 3.8) is 0 Å². The van der Waals surface area contributed by atoms with Crippen LogP contribution in [-0.4, -0.2) is 33.7 Å². The molecule has 1 amide bonds. The molecule has 1 atom stereocenters. The monoisotopic (exact) mass is 511 g/mol. The molecular formula is C21H19Cl2N3O2S3. The highest BCUT2D eigenvalue weighted by Crippen LogP contribution is 2.34. The molecule has 1 aromatic heterocycles. The van der Waals surface area contributed by atoms with Crippen LogP contribution in [0.2, 0.25) is 10.0 Å². The number of halogens is 2. The van der Waals surface area contributed by atoms with E-state index in [0.29, 0.717) is 26.6 Å². The van der Waals surface area contributed by atoms with Gasteiger partial charge in [-0.1, -0.05) is 94.5 Å². The summed E-state index contributed by atoms with van der Waals surface area (Å²) in [7, 11) is 0. The number of nitrogens with one attached hydrogen (secondary N) is 1. The topological polar surface area (TPSA) is 72.0 Å². The lowest BCUT2D eigenvalue weighted by molar-refractivity contribution is -0.125. The predicted molar refractivity (Wildman–Crippen MR) is 129 cm³/mol. The molecule has 0 unspecified atom stereocenters. The number of Topliss-reactive ketones (excluding diaryl/α,β-unsaturated/α-hetero) is 1. The summed E-state index contributed by atoms with van der Waals surface area (Å²) >= 11 is 16.6. The van der Waals surface area contributed by atoms with Crippen LogP contribution in [0.5, 0.6) is 0 Å². The van der Waals surface area contributed by atoms with Gasteiger partial charge in [0.05, 0.1) is 11.8 Å². The number of hydrogen-bond acceptors (Lipinski definition) is 7. The van der Waals surface area contributed by atoms with Crippen molar-refractivity contribution in [2.75, 3.05) is 5.75 Å². The first kappa shape index (κ1) is 24.1. The molecule has 0 spiro atoms. The summed E-state index contributed by atoms with van der Waals surface area (Å²) in [6, 6.07) is 14.5. The Hall–Kier alpha value is -1.58. The number of carbonyl (C=O) groups excluding carboxylic acids is 2. The largest absolute Gasteiger partial charge is 0.345 e. The lowest BCUT2D eigenvalue weighted by atomic mass is 10.0. The molecule has 0 aliphatic heterocycles. The van der Waals surface area contributed by atoms with Gasteiger partial charge in [0.1, 0.15) is 0 Å². The maximum atomic E-state index is 12.4. The number of rotatable bonds is 10. The van der Waals surface area contributed by atoms with Gasteiger partial charge in [0.2, 0.25) is 5.91 Å². The van der Waals surface area contributed by atoms with Crippen LogP contribution in [0.25, 0.3) is 0 Å². The minimum Gasteiger partial charge on any atom is -0.345 e. The van der Waals surface area contributed by atoms with Gasteiger partial charge in [0.25, 0.3) is 0 Å². The van der Waals surface area contributed by atoms with Gasteiger partial charge in [0.15, 0.2) is 14.5 Å². The van der Waals surface area contributed by atoms with E-state index in [0.717, 1.165) is 15.5 Å².